The number of hydrogen-bond acceptors (Lipinski definition) is 3. The normalized spacial score (nSPS) is 10.7. The third-order valence-electron chi connectivity index (χ3n) is 3.72. The van der Waals surface area contributed by atoms with Crippen molar-refractivity contribution in [1.29, 1.82) is 0 Å². The van der Waals surface area contributed by atoms with Crippen molar-refractivity contribution in [3.8, 4) is 5.75 Å². The highest BCUT2D eigenvalue weighted by Gasteiger charge is 2.14. The monoisotopic (exact) mass is 379 g/mol. The van der Waals surface area contributed by atoms with Gasteiger partial charge in [0.15, 0.2) is 0 Å². The Bertz CT molecular complexity index is 680. The number of carbonyl (C=O) groups is 1. The zero-order chi connectivity index (χ0) is 17.0. The number of halogens is 1. The van der Waals surface area contributed by atoms with Gasteiger partial charge in [-0.25, -0.2) is 0 Å². The van der Waals surface area contributed by atoms with Crippen molar-refractivity contribution in [2.75, 3.05) is 20.2 Å². The van der Waals surface area contributed by atoms with E-state index in [1.165, 1.54) is 5.56 Å². The first-order valence-corrected chi connectivity index (χ1v) is 8.30. The fourth-order valence-corrected chi connectivity index (χ4v) is 2.42. The zero-order valence-corrected chi connectivity index (χ0v) is 15.6. The number of amides is 1. The molecule has 124 valence electrons. The third-order valence-corrected chi connectivity index (χ3v) is 4.87. The molecule has 2 aromatic rings. The highest BCUT2D eigenvalue weighted by Crippen LogP contribution is 2.19. The molecule has 2 rings (SSSR count). The van der Waals surface area contributed by atoms with E-state index in [2.05, 4.69) is 21.0 Å². The number of likely N-dealkylation sites (N-methyl/N-ethyl adjacent to an activating group) is 1. The van der Waals surface area contributed by atoms with Gasteiger partial charge in [-0.2, -0.15) is 5.10 Å². The van der Waals surface area contributed by atoms with Gasteiger partial charge < -0.3 is 9.64 Å². The Morgan fingerprint density at radius 3 is 2.48 bits per heavy atom. The number of rotatable bonds is 6. The van der Waals surface area contributed by atoms with Crippen LogP contribution in [-0.2, 0) is 11.3 Å². The number of ether oxygens (including phenoxy) is 1. The second-order valence-corrected chi connectivity index (χ2v) is 6.41. The minimum absolute atomic E-state index is 0.00982. The first kappa shape index (κ1) is 17.5. The van der Waals surface area contributed by atoms with Crippen LogP contribution in [-0.4, -0.2) is 40.8 Å². The number of aryl methyl sites for hydroxylation is 2. The summed E-state index contributed by atoms with van der Waals surface area (Å²) >= 11 is 3.47. The first-order chi connectivity index (χ1) is 10.9. The van der Waals surface area contributed by atoms with Gasteiger partial charge in [-0.1, -0.05) is 17.7 Å². The van der Waals surface area contributed by atoms with Crippen LogP contribution in [0.15, 0.2) is 28.7 Å². The summed E-state index contributed by atoms with van der Waals surface area (Å²) in [5.41, 5.74) is 3.04. The fourth-order valence-electron chi connectivity index (χ4n) is 2.14. The average Bonchev–Trinajstić information content (AvgIpc) is 2.76. The molecule has 1 amide bonds. The highest BCUT2D eigenvalue weighted by molar-refractivity contribution is 9.10. The van der Waals surface area contributed by atoms with Crippen LogP contribution in [0.2, 0.25) is 0 Å². The number of nitrogens with zero attached hydrogens (tertiary/aromatic N) is 3. The lowest BCUT2D eigenvalue weighted by molar-refractivity contribution is -0.131. The van der Waals surface area contributed by atoms with Gasteiger partial charge >= 0.3 is 0 Å². The molecule has 1 heterocycles. The fraction of sp³-hybridized carbons (Fsp3) is 0.412. The lowest BCUT2D eigenvalue weighted by atomic mass is 10.2. The highest BCUT2D eigenvalue weighted by atomic mass is 79.9. The molecule has 0 saturated carbocycles. The summed E-state index contributed by atoms with van der Waals surface area (Å²) in [4.78, 5) is 13.9. The standard InChI is InChI=1S/C17H22BrN3O2/c1-12-5-7-15(8-6-12)23-10-9-20(4)16(22)11-21-14(3)17(18)13(2)19-21/h5-8H,9-11H2,1-4H3. The average molecular weight is 380 g/mol. The maximum absolute atomic E-state index is 12.3. The van der Waals surface area contributed by atoms with Crippen molar-refractivity contribution >= 4 is 21.8 Å². The summed E-state index contributed by atoms with van der Waals surface area (Å²) in [6, 6.07) is 7.88. The van der Waals surface area contributed by atoms with Crippen molar-refractivity contribution in [3.05, 3.63) is 45.7 Å². The third kappa shape index (κ3) is 4.58. The van der Waals surface area contributed by atoms with E-state index in [4.69, 9.17) is 4.74 Å². The van der Waals surface area contributed by atoms with Crippen LogP contribution in [0.3, 0.4) is 0 Å². The van der Waals surface area contributed by atoms with Gasteiger partial charge in [0.2, 0.25) is 5.91 Å². The van der Waals surface area contributed by atoms with Gasteiger partial charge in [0, 0.05) is 7.05 Å². The van der Waals surface area contributed by atoms with Crippen LogP contribution < -0.4 is 4.74 Å². The first-order valence-electron chi connectivity index (χ1n) is 7.51. The van der Waals surface area contributed by atoms with Crippen molar-refractivity contribution in [2.24, 2.45) is 0 Å². The Morgan fingerprint density at radius 2 is 1.91 bits per heavy atom. The van der Waals surface area contributed by atoms with Crippen molar-refractivity contribution in [2.45, 2.75) is 27.3 Å². The Hall–Kier alpha value is -1.82. The van der Waals surface area contributed by atoms with E-state index >= 15 is 0 Å². The molecule has 0 aliphatic rings. The van der Waals surface area contributed by atoms with Crippen LogP contribution in [0, 0.1) is 20.8 Å². The molecular weight excluding hydrogens is 358 g/mol. The van der Waals surface area contributed by atoms with Crippen molar-refractivity contribution < 1.29 is 9.53 Å². The molecule has 1 aromatic heterocycles. The molecule has 0 aliphatic heterocycles. The van der Waals surface area contributed by atoms with Gasteiger partial charge in [0.1, 0.15) is 18.9 Å². The van der Waals surface area contributed by atoms with E-state index in [1.54, 1.807) is 16.6 Å². The molecule has 0 aliphatic carbocycles. The maximum Gasteiger partial charge on any atom is 0.244 e. The van der Waals surface area contributed by atoms with Crippen molar-refractivity contribution in [1.82, 2.24) is 14.7 Å². The van der Waals surface area contributed by atoms with Crippen LogP contribution in [0.25, 0.3) is 0 Å². The number of aromatic nitrogens is 2. The van der Waals surface area contributed by atoms with Gasteiger partial charge in [0.25, 0.3) is 0 Å². The van der Waals surface area contributed by atoms with E-state index in [9.17, 15) is 4.79 Å². The predicted molar refractivity (Wildman–Crippen MR) is 93.7 cm³/mol. The molecule has 0 spiro atoms. The van der Waals surface area contributed by atoms with Crippen LogP contribution in [0.1, 0.15) is 17.0 Å². The molecular formula is C17H22BrN3O2. The minimum Gasteiger partial charge on any atom is -0.492 e. The lowest BCUT2D eigenvalue weighted by Crippen LogP contribution is -2.34. The van der Waals surface area contributed by atoms with Crippen molar-refractivity contribution in [3.63, 3.8) is 0 Å². The Labute approximate surface area is 145 Å². The Kier molecular flexibility index (Phi) is 5.82. The van der Waals surface area contributed by atoms with Crippen LogP contribution in [0.4, 0.5) is 0 Å². The van der Waals surface area contributed by atoms with Crippen LogP contribution in [0.5, 0.6) is 5.75 Å². The smallest absolute Gasteiger partial charge is 0.244 e. The van der Waals surface area contributed by atoms with Gasteiger partial charge in [0.05, 0.1) is 22.4 Å². The van der Waals surface area contributed by atoms with Gasteiger partial charge in [-0.05, 0) is 48.8 Å². The number of benzene rings is 1. The minimum atomic E-state index is 0.00982. The molecule has 23 heavy (non-hydrogen) atoms. The summed E-state index contributed by atoms with van der Waals surface area (Å²) in [5, 5.41) is 4.36. The van der Waals surface area contributed by atoms with Crippen LogP contribution >= 0.6 is 15.9 Å². The SMILES string of the molecule is Cc1ccc(OCCN(C)C(=O)Cn2nc(C)c(Br)c2C)cc1. The molecule has 0 saturated heterocycles. The molecule has 0 unspecified atom stereocenters. The molecule has 0 fully saturated rings. The molecule has 0 bridgehead atoms. The molecule has 0 atom stereocenters. The van der Waals surface area contributed by atoms with E-state index in [-0.39, 0.29) is 12.5 Å². The zero-order valence-electron chi connectivity index (χ0n) is 14.0. The molecule has 1 aromatic carbocycles. The largest absolute Gasteiger partial charge is 0.492 e. The predicted octanol–water partition coefficient (Wildman–Crippen LogP) is 3.11. The number of hydrogen-bond donors (Lipinski definition) is 0. The van der Waals surface area contributed by atoms with E-state index in [0.717, 1.165) is 21.6 Å². The summed E-state index contributed by atoms with van der Waals surface area (Å²) < 4.78 is 8.33. The quantitative estimate of drug-likeness (QED) is 0.774. The number of carbonyl (C=O) groups excluding carboxylic acids is 1. The maximum atomic E-state index is 12.3. The summed E-state index contributed by atoms with van der Waals surface area (Å²) in [7, 11) is 1.78. The molecule has 0 radical (unpaired) electrons. The summed E-state index contributed by atoms with van der Waals surface area (Å²) in [5.74, 6) is 0.828. The topological polar surface area (TPSA) is 47.4 Å². The Balaban J connectivity index is 1.82. The summed E-state index contributed by atoms with van der Waals surface area (Å²) in [6.07, 6.45) is 0. The lowest BCUT2D eigenvalue weighted by Gasteiger charge is -2.18. The van der Waals surface area contributed by atoms with Gasteiger partial charge in [-0.15, -0.1) is 0 Å². The Morgan fingerprint density at radius 1 is 1.26 bits per heavy atom. The summed E-state index contributed by atoms with van der Waals surface area (Å²) in [6.45, 7) is 7.13. The van der Waals surface area contributed by atoms with Gasteiger partial charge in [-0.3, -0.25) is 9.48 Å². The molecule has 5 nitrogen and oxygen atoms in total. The van der Waals surface area contributed by atoms with E-state index in [0.29, 0.717) is 13.2 Å². The second-order valence-electron chi connectivity index (χ2n) is 5.62. The molecule has 0 N–H and O–H groups in total. The second kappa shape index (κ2) is 7.64. The van der Waals surface area contributed by atoms with E-state index < -0.39 is 0 Å². The molecule has 6 heteroatoms. The van der Waals surface area contributed by atoms with E-state index in [1.807, 2.05) is 45.0 Å².